The molecule has 0 saturated carbocycles. The smallest absolute Gasteiger partial charge is 0.0665 e. The Labute approximate surface area is 221 Å². The summed E-state index contributed by atoms with van der Waals surface area (Å²) in [6, 6.07) is 45.9. The number of aliphatic imine (C=N–C) groups is 1. The molecule has 0 N–H and O–H groups in total. The summed E-state index contributed by atoms with van der Waals surface area (Å²) < 4.78 is 2.38. The molecule has 2 atom stereocenters. The van der Waals surface area contributed by atoms with Gasteiger partial charge < -0.3 is 9.47 Å². The summed E-state index contributed by atoms with van der Waals surface area (Å²) in [4.78, 5) is 7.50. The van der Waals surface area contributed by atoms with Gasteiger partial charge in [0.25, 0.3) is 0 Å². The number of anilines is 2. The molecule has 8 rings (SSSR count). The van der Waals surface area contributed by atoms with Gasteiger partial charge in [0.05, 0.1) is 28.7 Å². The molecule has 0 fully saturated rings. The monoisotopic (exact) mass is 487 g/mol. The minimum atomic E-state index is 0.156. The van der Waals surface area contributed by atoms with Crippen LogP contribution >= 0.6 is 0 Å². The summed E-state index contributed by atoms with van der Waals surface area (Å²) in [6.45, 7) is 0. The highest BCUT2D eigenvalue weighted by atomic mass is 15.2. The molecular formula is C35H25N3. The number of aromatic nitrogens is 1. The molecule has 0 spiro atoms. The van der Waals surface area contributed by atoms with E-state index in [9.17, 15) is 0 Å². The van der Waals surface area contributed by atoms with E-state index in [0.717, 1.165) is 5.71 Å². The summed E-state index contributed by atoms with van der Waals surface area (Å²) in [6.07, 6.45) is 4.25. The molecule has 5 aromatic carbocycles. The molecule has 0 amide bonds. The van der Waals surface area contributed by atoms with E-state index in [2.05, 4.69) is 143 Å². The van der Waals surface area contributed by atoms with Crippen molar-refractivity contribution in [1.82, 2.24) is 4.57 Å². The van der Waals surface area contributed by atoms with Crippen LogP contribution in [0.15, 0.2) is 145 Å². The Hall–Kier alpha value is -4.89. The Morgan fingerprint density at radius 2 is 1.26 bits per heavy atom. The highest BCUT2D eigenvalue weighted by Gasteiger charge is 2.42. The molecule has 2 unspecified atom stereocenters. The molecule has 6 aromatic rings. The fourth-order valence-electron chi connectivity index (χ4n) is 6.40. The topological polar surface area (TPSA) is 20.5 Å². The van der Waals surface area contributed by atoms with Crippen LogP contribution in [-0.2, 0) is 0 Å². The zero-order valence-electron chi connectivity index (χ0n) is 20.8. The summed E-state index contributed by atoms with van der Waals surface area (Å²) in [7, 11) is 0. The molecule has 0 bridgehead atoms. The molecule has 0 radical (unpaired) electrons. The third-order valence-electron chi connectivity index (χ3n) is 7.98. The minimum absolute atomic E-state index is 0.156. The number of fused-ring (bicyclic) bond motifs is 6. The zero-order chi connectivity index (χ0) is 25.1. The maximum Gasteiger partial charge on any atom is 0.0665 e. The van der Waals surface area contributed by atoms with Gasteiger partial charge in [-0.1, -0.05) is 84.9 Å². The van der Waals surface area contributed by atoms with Crippen LogP contribution in [-0.4, -0.2) is 16.3 Å². The van der Waals surface area contributed by atoms with Crippen molar-refractivity contribution in [1.29, 1.82) is 0 Å². The first-order chi connectivity index (χ1) is 18.9. The summed E-state index contributed by atoms with van der Waals surface area (Å²) in [5.41, 5.74) is 9.67. The van der Waals surface area contributed by atoms with Gasteiger partial charge in [0.1, 0.15) is 0 Å². The van der Waals surface area contributed by atoms with Gasteiger partial charge in [0.2, 0.25) is 0 Å². The van der Waals surface area contributed by atoms with Gasteiger partial charge >= 0.3 is 0 Å². The standard InChI is InChI=1S/C35H25N3/c1-3-11-25(12-4-1)37-31-18-10-8-16-29(31)34-32(37)21-22-36-35(34)24-19-20-28-27-15-7-9-17-30(27)38(33(28)23-24)26-13-5-2-6-14-26/h1-23,32,34H. The highest BCUT2D eigenvalue weighted by Crippen LogP contribution is 2.48. The quantitative estimate of drug-likeness (QED) is 0.245. The predicted octanol–water partition coefficient (Wildman–Crippen LogP) is 8.40. The summed E-state index contributed by atoms with van der Waals surface area (Å²) >= 11 is 0. The molecule has 0 saturated heterocycles. The van der Waals surface area contributed by atoms with E-state index >= 15 is 0 Å². The Morgan fingerprint density at radius 1 is 0.579 bits per heavy atom. The van der Waals surface area contributed by atoms with E-state index in [0.29, 0.717) is 0 Å². The van der Waals surface area contributed by atoms with Gasteiger partial charge in [-0.05, 0) is 59.7 Å². The average molecular weight is 488 g/mol. The lowest BCUT2D eigenvalue weighted by atomic mass is 9.85. The summed E-state index contributed by atoms with van der Waals surface area (Å²) in [5.74, 6) is 0.156. The minimum Gasteiger partial charge on any atom is -0.333 e. The van der Waals surface area contributed by atoms with Crippen molar-refractivity contribution in [2.45, 2.75) is 12.0 Å². The molecule has 3 nitrogen and oxygen atoms in total. The molecule has 3 heterocycles. The van der Waals surface area contributed by atoms with Crippen LogP contribution in [0.25, 0.3) is 27.5 Å². The van der Waals surface area contributed by atoms with Crippen LogP contribution in [0.5, 0.6) is 0 Å². The second kappa shape index (κ2) is 8.32. The number of nitrogens with zero attached hydrogens (tertiary/aromatic N) is 3. The van der Waals surface area contributed by atoms with Crippen molar-refractivity contribution in [2.75, 3.05) is 4.90 Å². The van der Waals surface area contributed by atoms with E-state index in [1.165, 1.54) is 50.0 Å². The van der Waals surface area contributed by atoms with Crippen LogP contribution in [0.3, 0.4) is 0 Å². The largest absolute Gasteiger partial charge is 0.333 e. The van der Waals surface area contributed by atoms with E-state index in [1.807, 2.05) is 6.20 Å². The predicted molar refractivity (Wildman–Crippen MR) is 158 cm³/mol. The van der Waals surface area contributed by atoms with Crippen LogP contribution in [0.2, 0.25) is 0 Å². The number of rotatable bonds is 3. The maximum atomic E-state index is 5.03. The molecular weight excluding hydrogens is 462 g/mol. The van der Waals surface area contributed by atoms with Gasteiger partial charge in [-0.3, -0.25) is 4.99 Å². The van der Waals surface area contributed by atoms with E-state index in [4.69, 9.17) is 4.99 Å². The lowest BCUT2D eigenvalue weighted by Gasteiger charge is -2.30. The van der Waals surface area contributed by atoms with Gasteiger partial charge in [-0.15, -0.1) is 0 Å². The number of hydrogen-bond donors (Lipinski definition) is 0. The van der Waals surface area contributed by atoms with Crippen molar-refractivity contribution in [3.05, 3.63) is 151 Å². The second-order valence-electron chi connectivity index (χ2n) is 10.0. The van der Waals surface area contributed by atoms with Crippen LogP contribution in [0.4, 0.5) is 11.4 Å². The van der Waals surface area contributed by atoms with Crippen molar-refractivity contribution in [3.63, 3.8) is 0 Å². The van der Waals surface area contributed by atoms with Crippen molar-refractivity contribution < 1.29 is 0 Å². The lowest BCUT2D eigenvalue weighted by Crippen LogP contribution is -2.33. The van der Waals surface area contributed by atoms with Crippen molar-refractivity contribution >= 4 is 38.9 Å². The molecule has 180 valence electrons. The number of para-hydroxylation sites is 4. The second-order valence-corrected chi connectivity index (χ2v) is 10.0. The first-order valence-electron chi connectivity index (χ1n) is 13.1. The lowest BCUT2D eigenvalue weighted by molar-refractivity contribution is 0.769. The van der Waals surface area contributed by atoms with Gasteiger partial charge in [0, 0.05) is 34.0 Å². The van der Waals surface area contributed by atoms with Crippen molar-refractivity contribution in [3.8, 4) is 5.69 Å². The molecule has 1 aromatic heterocycles. The van der Waals surface area contributed by atoms with Gasteiger partial charge in [0.15, 0.2) is 0 Å². The first-order valence-corrected chi connectivity index (χ1v) is 13.1. The van der Waals surface area contributed by atoms with Crippen molar-refractivity contribution in [2.24, 2.45) is 4.99 Å². The number of hydrogen-bond acceptors (Lipinski definition) is 2. The Bertz CT molecular complexity index is 1880. The van der Waals surface area contributed by atoms with Crippen LogP contribution in [0.1, 0.15) is 17.0 Å². The molecule has 38 heavy (non-hydrogen) atoms. The Kier molecular flexibility index (Phi) is 4.65. The van der Waals surface area contributed by atoms with Gasteiger partial charge in [-0.25, -0.2) is 0 Å². The van der Waals surface area contributed by atoms with E-state index in [-0.39, 0.29) is 12.0 Å². The zero-order valence-corrected chi connectivity index (χ0v) is 20.8. The fourth-order valence-corrected chi connectivity index (χ4v) is 6.40. The molecule has 0 aliphatic carbocycles. The van der Waals surface area contributed by atoms with E-state index in [1.54, 1.807) is 0 Å². The summed E-state index contributed by atoms with van der Waals surface area (Å²) in [5, 5.41) is 2.53. The maximum absolute atomic E-state index is 5.03. The Balaban J connectivity index is 1.33. The van der Waals surface area contributed by atoms with Gasteiger partial charge in [-0.2, -0.15) is 0 Å². The van der Waals surface area contributed by atoms with Crippen LogP contribution < -0.4 is 4.90 Å². The molecule has 2 aliphatic rings. The highest BCUT2D eigenvalue weighted by molar-refractivity contribution is 6.14. The first kappa shape index (κ1) is 21.2. The molecule has 2 aliphatic heterocycles. The normalized spacial score (nSPS) is 18.0. The molecule has 3 heteroatoms. The third kappa shape index (κ3) is 3.05. The SMILES string of the molecule is C1=CC2C(C(c3ccc4c5ccccc5n(-c5ccccc5)c4c3)=N1)c1ccccc1N2c1ccccc1. The van der Waals surface area contributed by atoms with Crippen LogP contribution in [0, 0.1) is 0 Å². The third-order valence-corrected chi connectivity index (χ3v) is 7.98. The Morgan fingerprint density at radius 3 is 2.11 bits per heavy atom. The number of benzene rings is 5. The fraction of sp³-hybridized carbons (Fsp3) is 0.0571. The van der Waals surface area contributed by atoms with E-state index < -0.39 is 0 Å². The average Bonchev–Trinajstić information content (AvgIpc) is 3.51.